The van der Waals surface area contributed by atoms with E-state index in [0.717, 1.165) is 74.5 Å². The van der Waals surface area contributed by atoms with E-state index in [9.17, 15) is 48.6 Å². The number of nitrogens with zero attached hydrogens (tertiary/aromatic N) is 2. The van der Waals surface area contributed by atoms with Gasteiger partial charge in [-0.05, 0) is 44.1 Å². The van der Waals surface area contributed by atoms with Crippen molar-refractivity contribution in [2.75, 3.05) is 25.6 Å². The van der Waals surface area contributed by atoms with Gasteiger partial charge in [0, 0.05) is 19.0 Å². The van der Waals surface area contributed by atoms with Crippen LogP contribution in [-0.4, -0.2) is 96.9 Å². The monoisotopic (exact) mass is 1080 g/mol. The Labute approximate surface area is 434 Å². The van der Waals surface area contributed by atoms with Gasteiger partial charge in [0.05, 0.1) is 19.3 Å². The van der Waals surface area contributed by atoms with Gasteiger partial charge in [-0.15, -0.1) is 0 Å². The van der Waals surface area contributed by atoms with Crippen LogP contribution in [0.2, 0.25) is 0 Å². The van der Waals surface area contributed by atoms with Gasteiger partial charge in [-0.2, -0.15) is 9.29 Å². The lowest BCUT2D eigenvalue weighted by Gasteiger charge is -2.21. The number of allylic oxidation sites excluding steroid dienone is 5. The Hall–Kier alpha value is -3.06. The van der Waals surface area contributed by atoms with Crippen molar-refractivity contribution in [1.82, 2.24) is 9.55 Å². The molecule has 1 aromatic rings. The number of carbonyl (C=O) groups excluding carboxylic acids is 2. The normalized spacial score (nSPS) is 19.7. The lowest BCUT2D eigenvalue weighted by molar-refractivity contribution is -0.161. The van der Waals surface area contributed by atoms with Crippen molar-refractivity contribution < 1.29 is 71.4 Å². The van der Waals surface area contributed by atoms with E-state index in [1.165, 1.54) is 83.1 Å². The van der Waals surface area contributed by atoms with Crippen LogP contribution in [0.25, 0.3) is 0 Å². The molecule has 8 atom stereocenters. The first kappa shape index (κ1) is 66.1. The molecular weight excluding hydrogens is 985 g/mol. The van der Waals surface area contributed by atoms with Gasteiger partial charge >= 0.3 is 33.3 Å². The first-order chi connectivity index (χ1) is 34.9. The van der Waals surface area contributed by atoms with Crippen LogP contribution in [0.1, 0.15) is 200 Å². The number of carbonyl (C=O) groups is 2. The predicted octanol–water partition coefficient (Wildman–Crippen LogP) is 10.4. The first-order valence-corrected chi connectivity index (χ1v) is 30.0. The summed E-state index contributed by atoms with van der Waals surface area (Å²) in [5.41, 5.74) is 4.58. The predicted molar refractivity (Wildman–Crippen MR) is 281 cm³/mol. The summed E-state index contributed by atoms with van der Waals surface area (Å²) < 4.78 is 56.8. The largest absolute Gasteiger partial charge is 0.481 e. The molecule has 1 saturated heterocycles. The van der Waals surface area contributed by atoms with E-state index in [1.807, 2.05) is 18.2 Å². The van der Waals surface area contributed by atoms with Gasteiger partial charge in [-0.3, -0.25) is 23.2 Å². The number of anilines is 1. The summed E-state index contributed by atoms with van der Waals surface area (Å²) in [6.45, 7) is 4.29. The molecule has 1 aliphatic heterocycles. The Balaban J connectivity index is 1.79. The lowest BCUT2D eigenvalue weighted by atomic mass is 10.0. The summed E-state index contributed by atoms with van der Waals surface area (Å²) >= 11 is 0. The molecule has 0 amide bonds. The first-order valence-electron chi connectivity index (χ1n) is 27.0. The summed E-state index contributed by atoms with van der Waals surface area (Å²) in [5.74, 6) is -0.564. The van der Waals surface area contributed by atoms with Crippen LogP contribution in [0.5, 0.6) is 0 Å². The fraction of sp³-hybridized carbons (Fsp3) is 0.769. The van der Waals surface area contributed by atoms with Crippen LogP contribution < -0.4 is 11.4 Å². The van der Waals surface area contributed by atoms with E-state index in [4.69, 9.17) is 29.0 Å². The molecule has 0 bridgehead atoms. The zero-order valence-electron chi connectivity index (χ0n) is 44.0. The molecule has 1 aliphatic rings. The summed E-state index contributed by atoms with van der Waals surface area (Å²) in [6, 6.07) is 1.24. The van der Waals surface area contributed by atoms with Gasteiger partial charge in [0.2, 0.25) is 0 Å². The molecule has 2 rings (SSSR count). The molecule has 1 fully saturated rings. The third-order valence-electron chi connectivity index (χ3n) is 12.3. The molecular formula is C52H91N3O16P2. The Kier molecular flexibility index (Phi) is 35.6. The molecule has 2 heterocycles. The SMILES string of the molecule is CC/C=C/C/C=C/C=C/C(O)CCCCCCCC(=O)O[C@H](COC(=O)CCCCCCCCCCCCCCCCCCC(C)C)COP(=O)(O)OP(=O)(O)OC[C@H]1O[C@@H](n2ccc(N)nc2=O)[C@H](O)[C@@H]1O. The van der Waals surface area contributed by atoms with E-state index in [0.29, 0.717) is 25.7 Å². The second-order valence-corrected chi connectivity index (χ2v) is 22.4. The molecule has 0 aliphatic carbocycles. The van der Waals surface area contributed by atoms with Crippen molar-refractivity contribution in [3.8, 4) is 0 Å². The van der Waals surface area contributed by atoms with E-state index < -0.39 is 89.8 Å². The number of aliphatic hydroxyl groups excluding tert-OH is 3. The van der Waals surface area contributed by atoms with Gasteiger partial charge in [0.15, 0.2) is 12.3 Å². The van der Waals surface area contributed by atoms with E-state index >= 15 is 0 Å². The van der Waals surface area contributed by atoms with E-state index in [2.05, 4.69) is 42.2 Å². The third-order valence-corrected chi connectivity index (χ3v) is 14.9. The number of phosphoric acid groups is 2. The number of rotatable bonds is 44. The average molecular weight is 1080 g/mol. The Morgan fingerprint density at radius 1 is 0.740 bits per heavy atom. The zero-order valence-corrected chi connectivity index (χ0v) is 45.8. The van der Waals surface area contributed by atoms with Gasteiger partial charge < -0.3 is 45.1 Å². The van der Waals surface area contributed by atoms with Crippen LogP contribution in [0.4, 0.5) is 5.82 Å². The highest BCUT2D eigenvalue weighted by atomic mass is 31.3. The van der Waals surface area contributed by atoms with Gasteiger partial charge in [-0.25, -0.2) is 13.9 Å². The van der Waals surface area contributed by atoms with Crippen molar-refractivity contribution in [2.45, 2.75) is 231 Å². The number of unbranched alkanes of at least 4 members (excludes halogenated alkanes) is 19. The molecule has 0 spiro atoms. The maximum absolute atomic E-state index is 12.9. The number of hydrogen-bond donors (Lipinski definition) is 6. The highest BCUT2D eigenvalue weighted by Crippen LogP contribution is 2.60. The number of hydrogen-bond acceptors (Lipinski definition) is 16. The highest BCUT2D eigenvalue weighted by Gasteiger charge is 2.46. The maximum Gasteiger partial charge on any atom is 0.481 e. The van der Waals surface area contributed by atoms with E-state index in [-0.39, 0.29) is 18.7 Å². The minimum atomic E-state index is -5.45. The Morgan fingerprint density at radius 2 is 1.27 bits per heavy atom. The second kappa shape index (κ2) is 39.3. The minimum Gasteiger partial charge on any atom is -0.462 e. The number of ether oxygens (including phenoxy) is 3. The van der Waals surface area contributed by atoms with Crippen LogP contribution in [0.3, 0.4) is 0 Å². The fourth-order valence-corrected chi connectivity index (χ4v) is 10.2. The topological polar surface area (TPSA) is 286 Å². The smallest absolute Gasteiger partial charge is 0.462 e. The van der Waals surface area contributed by atoms with Crippen molar-refractivity contribution in [3.63, 3.8) is 0 Å². The molecule has 0 saturated carbocycles. The summed E-state index contributed by atoms with van der Waals surface area (Å²) in [7, 11) is -10.9. The Morgan fingerprint density at radius 3 is 1.84 bits per heavy atom. The second-order valence-electron chi connectivity index (χ2n) is 19.4. The minimum absolute atomic E-state index is 0.0183. The number of aliphatic hydroxyl groups is 3. The van der Waals surface area contributed by atoms with E-state index in [1.54, 1.807) is 6.08 Å². The summed E-state index contributed by atoms with van der Waals surface area (Å²) in [6.07, 6.45) is 31.0. The molecule has 420 valence electrons. The standard InChI is InChI=1S/C52H91N3O16P2/c1-4-5-6-7-18-23-28-33-43(56)34-29-24-21-26-31-36-48(58)69-44(39-66-47(57)35-30-25-20-17-15-13-11-9-8-10-12-14-16-19-22-27-32-42(2)3)40-67-72(62,63)71-73(64,65)68-41-45-49(59)50(60)51(70-45)55-38-37-46(53)54-52(55)61/h5-6,18,23,28,33,37-38,42-45,49-51,56,59-60H,4,7-17,19-22,24-27,29-32,34-36,39-41H2,1-3H3,(H,62,63)(H,64,65)(H2,53,54,61)/b6-5+,23-18+,33-28+/t43?,44-,45-,49-,50-,51-/m1/s1. The van der Waals surface area contributed by atoms with Crippen molar-refractivity contribution in [1.29, 1.82) is 0 Å². The highest BCUT2D eigenvalue weighted by molar-refractivity contribution is 7.61. The van der Waals surface area contributed by atoms with Crippen LogP contribution in [0, 0.1) is 5.92 Å². The molecule has 7 N–H and O–H groups in total. The van der Waals surface area contributed by atoms with Crippen LogP contribution >= 0.6 is 15.6 Å². The quantitative estimate of drug-likeness (QED) is 0.0116. The molecule has 21 heteroatoms. The molecule has 1 aromatic heterocycles. The lowest BCUT2D eigenvalue weighted by Crippen LogP contribution is -2.36. The molecule has 0 radical (unpaired) electrons. The fourth-order valence-electron chi connectivity index (χ4n) is 8.09. The maximum atomic E-state index is 12.9. The van der Waals surface area contributed by atoms with Crippen LogP contribution in [-0.2, 0) is 46.3 Å². The van der Waals surface area contributed by atoms with Gasteiger partial charge in [-0.1, -0.05) is 186 Å². The third kappa shape index (κ3) is 32.9. The Bertz CT molecular complexity index is 1900. The number of nitrogens with two attached hydrogens (primary N) is 1. The van der Waals surface area contributed by atoms with Gasteiger partial charge in [0.25, 0.3) is 0 Å². The van der Waals surface area contributed by atoms with Crippen molar-refractivity contribution in [3.05, 3.63) is 59.2 Å². The van der Waals surface area contributed by atoms with Gasteiger partial charge in [0.1, 0.15) is 30.7 Å². The number of phosphoric ester groups is 2. The number of nitrogen functional groups attached to an aromatic ring is 1. The molecule has 73 heavy (non-hydrogen) atoms. The average Bonchev–Trinajstić information content (AvgIpc) is 3.61. The van der Waals surface area contributed by atoms with Crippen LogP contribution in [0.15, 0.2) is 53.5 Å². The molecule has 19 nitrogen and oxygen atoms in total. The summed E-state index contributed by atoms with van der Waals surface area (Å²) in [4.78, 5) is 62.0. The number of aromatic nitrogens is 2. The van der Waals surface area contributed by atoms with Crippen molar-refractivity contribution >= 4 is 33.4 Å². The number of esters is 2. The zero-order chi connectivity index (χ0) is 53.7. The molecule has 0 aromatic carbocycles. The summed E-state index contributed by atoms with van der Waals surface area (Å²) in [5, 5.41) is 31.1. The molecule has 3 unspecified atom stereocenters. The van der Waals surface area contributed by atoms with Crippen molar-refractivity contribution in [2.24, 2.45) is 5.92 Å².